The number of pyridine rings is 1. The molecule has 2 aromatic heterocycles. The van der Waals surface area contributed by atoms with Gasteiger partial charge in [0.05, 0.1) is 17.6 Å². The minimum atomic E-state index is -3.08. The van der Waals surface area contributed by atoms with Gasteiger partial charge in [-0.05, 0) is 44.7 Å². The highest BCUT2D eigenvalue weighted by atomic mass is 32.2. The molecule has 136 valence electrons. The SMILES string of the molecule is CCS(=O)(=O)N1CCC(c2nc3ccc(N4CCCC4)cn3n2)CC1. The number of aromatic nitrogens is 3. The van der Waals surface area contributed by atoms with Crippen LogP contribution in [0.3, 0.4) is 0 Å². The molecule has 2 aliphatic rings. The van der Waals surface area contributed by atoms with Gasteiger partial charge < -0.3 is 4.90 Å². The summed E-state index contributed by atoms with van der Waals surface area (Å²) < 4.78 is 27.5. The topological polar surface area (TPSA) is 70.8 Å². The molecule has 4 heterocycles. The molecule has 7 nitrogen and oxygen atoms in total. The first-order chi connectivity index (χ1) is 12.1. The summed E-state index contributed by atoms with van der Waals surface area (Å²) in [6.45, 7) is 5.04. The van der Waals surface area contributed by atoms with Crippen molar-refractivity contribution in [1.29, 1.82) is 0 Å². The smallest absolute Gasteiger partial charge is 0.213 e. The van der Waals surface area contributed by atoms with Gasteiger partial charge in [-0.15, -0.1) is 0 Å². The summed E-state index contributed by atoms with van der Waals surface area (Å²) >= 11 is 0. The lowest BCUT2D eigenvalue weighted by molar-refractivity contribution is 0.314. The van der Waals surface area contributed by atoms with Crippen LogP contribution in [-0.4, -0.2) is 59.3 Å². The van der Waals surface area contributed by atoms with Crippen LogP contribution in [0.15, 0.2) is 18.3 Å². The number of sulfonamides is 1. The van der Waals surface area contributed by atoms with Gasteiger partial charge in [-0.25, -0.2) is 22.2 Å². The molecule has 0 aromatic carbocycles. The average Bonchev–Trinajstić information content (AvgIpc) is 3.30. The van der Waals surface area contributed by atoms with Crippen LogP contribution in [0.2, 0.25) is 0 Å². The molecule has 0 N–H and O–H groups in total. The third kappa shape index (κ3) is 3.25. The maximum absolute atomic E-state index is 12.0. The largest absolute Gasteiger partial charge is 0.370 e. The summed E-state index contributed by atoms with van der Waals surface area (Å²) in [5.74, 6) is 1.24. The third-order valence-electron chi connectivity index (χ3n) is 5.38. The Bertz CT molecular complexity index is 849. The quantitative estimate of drug-likeness (QED) is 0.829. The molecule has 0 unspecified atom stereocenters. The van der Waals surface area contributed by atoms with Gasteiger partial charge in [0.15, 0.2) is 11.5 Å². The molecule has 25 heavy (non-hydrogen) atoms. The van der Waals surface area contributed by atoms with Crippen molar-refractivity contribution in [2.45, 2.75) is 38.5 Å². The molecular formula is C17H25N5O2S. The summed E-state index contributed by atoms with van der Waals surface area (Å²) in [6.07, 6.45) is 6.14. The van der Waals surface area contributed by atoms with Crippen LogP contribution in [0.4, 0.5) is 5.69 Å². The van der Waals surface area contributed by atoms with Crippen LogP contribution >= 0.6 is 0 Å². The average molecular weight is 363 g/mol. The van der Waals surface area contributed by atoms with E-state index in [1.54, 1.807) is 11.2 Å². The normalized spacial score (nSPS) is 20.6. The van der Waals surface area contributed by atoms with E-state index in [1.807, 2.05) is 10.6 Å². The number of hydrogen-bond acceptors (Lipinski definition) is 5. The van der Waals surface area contributed by atoms with Crippen molar-refractivity contribution in [3.05, 3.63) is 24.2 Å². The molecule has 2 aliphatic heterocycles. The van der Waals surface area contributed by atoms with Crippen LogP contribution in [-0.2, 0) is 10.0 Å². The van der Waals surface area contributed by atoms with Crippen molar-refractivity contribution in [3.8, 4) is 0 Å². The maximum Gasteiger partial charge on any atom is 0.213 e. The Morgan fingerprint density at radius 3 is 2.52 bits per heavy atom. The first-order valence-electron chi connectivity index (χ1n) is 9.16. The van der Waals surface area contributed by atoms with Gasteiger partial charge in [0.25, 0.3) is 0 Å². The number of piperidine rings is 1. The van der Waals surface area contributed by atoms with Crippen molar-refractivity contribution < 1.29 is 8.42 Å². The van der Waals surface area contributed by atoms with Gasteiger partial charge in [-0.2, -0.15) is 5.10 Å². The molecule has 0 saturated carbocycles. The Balaban J connectivity index is 1.50. The molecule has 0 aliphatic carbocycles. The van der Waals surface area contributed by atoms with E-state index in [1.165, 1.54) is 18.5 Å². The van der Waals surface area contributed by atoms with Crippen molar-refractivity contribution in [2.75, 3.05) is 36.8 Å². The number of rotatable bonds is 4. The van der Waals surface area contributed by atoms with Gasteiger partial charge in [-0.1, -0.05) is 0 Å². The van der Waals surface area contributed by atoms with Crippen LogP contribution in [0.25, 0.3) is 5.65 Å². The van der Waals surface area contributed by atoms with Gasteiger partial charge in [0.1, 0.15) is 0 Å². The Kier molecular flexibility index (Phi) is 4.41. The van der Waals surface area contributed by atoms with Gasteiger partial charge in [-0.3, -0.25) is 0 Å². The second-order valence-corrected chi connectivity index (χ2v) is 9.19. The van der Waals surface area contributed by atoms with Crippen LogP contribution in [0.5, 0.6) is 0 Å². The van der Waals surface area contributed by atoms with Crippen LogP contribution < -0.4 is 4.90 Å². The minimum Gasteiger partial charge on any atom is -0.370 e. The van der Waals surface area contributed by atoms with E-state index in [9.17, 15) is 8.42 Å². The summed E-state index contributed by atoms with van der Waals surface area (Å²) in [6, 6.07) is 4.15. The highest BCUT2D eigenvalue weighted by Crippen LogP contribution is 2.28. The zero-order chi connectivity index (χ0) is 17.4. The highest BCUT2D eigenvalue weighted by Gasteiger charge is 2.29. The molecular weight excluding hydrogens is 338 g/mol. The van der Waals surface area contributed by atoms with E-state index in [0.717, 1.165) is 37.4 Å². The van der Waals surface area contributed by atoms with E-state index in [0.29, 0.717) is 13.1 Å². The molecule has 0 spiro atoms. The fourth-order valence-corrected chi connectivity index (χ4v) is 4.93. The second kappa shape index (κ2) is 6.57. The maximum atomic E-state index is 12.0. The van der Waals surface area contributed by atoms with E-state index in [-0.39, 0.29) is 11.7 Å². The summed E-state index contributed by atoms with van der Waals surface area (Å²) in [5, 5.41) is 4.69. The lowest BCUT2D eigenvalue weighted by Gasteiger charge is -2.29. The number of anilines is 1. The summed E-state index contributed by atoms with van der Waals surface area (Å²) in [7, 11) is -3.08. The predicted molar refractivity (Wildman–Crippen MR) is 97.4 cm³/mol. The molecule has 0 atom stereocenters. The fourth-order valence-electron chi connectivity index (χ4n) is 3.80. The summed E-state index contributed by atoms with van der Waals surface area (Å²) in [5.41, 5.74) is 2.06. The van der Waals surface area contributed by atoms with Gasteiger partial charge in [0, 0.05) is 32.1 Å². The standard InChI is InChI=1S/C17H25N5O2S/c1-2-25(23,24)21-11-7-14(8-12-21)17-18-16-6-5-15(13-22(16)19-17)20-9-3-4-10-20/h5-6,13-14H,2-4,7-12H2,1H3. The molecule has 0 amide bonds. The van der Waals surface area contributed by atoms with Crippen molar-refractivity contribution in [3.63, 3.8) is 0 Å². The number of nitrogens with zero attached hydrogens (tertiary/aromatic N) is 5. The van der Waals surface area contributed by atoms with E-state index >= 15 is 0 Å². The van der Waals surface area contributed by atoms with Crippen molar-refractivity contribution >= 4 is 21.4 Å². The minimum absolute atomic E-state index is 0.170. The van der Waals surface area contributed by atoms with Crippen molar-refractivity contribution in [1.82, 2.24) is 18.9 Å². The summed E-state index contributed by atoms with van der Waals surface area (Å²) in [4.78, 5) is 7.06. The molecule has 2 fully saturated rings. The fraction of sp³-hybridized carbons (Fsp3) is 0.647. The Morgan fingerprint density at radius 1 is 1.12 bits per heavy atom. The Labute approximate surface area is 148 Å². The monoisotopic (exact) mass is 363 g/mol. The molecule has 2 saturated heterocycles. The van der Waals surface area contributed by atoms with Gasteiger partial charge >= 0.3 is 0 Å². The molecule has 0 radical (unpaired) electrons. The molecule has 0 bridgehead atoms. The van der Waals surface area contributed by atoms with Crippen molar-refractivity contribution in [2.24, 2.45) is 0 Å². The highest BCUT2D eigenvalue weighted by molar-refractivity contribution is 7.89. The predicted octanol–water partition coefficient (Wildman–Crippen LogP) is 1.86. The zero-order valence-corrected chi connectivity index (χ0v) is 15.5. The lowest BCUT2D eigenvalue weighted by Crippen LogP contribution is -2.38. The first-order valence-corrected chi connectivity index (χ1v) is 10.8. The first kappa shape index (κ1) is 16.8. The van der Waals surface area contributed by atoms with Gasteiger partial charge in [0.2, 0.25) is 10.0 Å². The zero-order valence-electron chi connectivity index (χ0n) is 14.6. The number of fused-ring (bicyclic) bond motifs is 1. The van der Waals surface area contributed by atoms with Crippen LogP contribution in [0, 0.1) is 0 Å². The Morgan fingerprint density at radius 2 is 1.84 bits per heavy atom. The molecule has 4 rings (SSSR count). The van der Waals surface area contributed by atoms with E-state index < -0.39 is 10.0 Å². The molecule has 2 aromatic rings. The second-order valence-electron chi connectivity index (χ2n) is 6.93. The lowest BCUT2D eigenvalue weighted by atomic mass is 9.98. The molecule has 8 heteroatoms. The Hall–Kier alpha value is -1.67. The van der Waals surface area contributed by atoms with E-state index in [4.69, 9.17) is 0 Å². The van der Waals surface area contributed by atoms with Crippen LogP contribution in [0.1, 0.15) is 44.3 Å². The number of hydrogen-bond donors (Lipinski definition) is 0. The van der Waals surface area contributed by atoms with E-state index in [2.05, 4.69) is 27.2 Å². The third-order valence-corrected chi connectivity index (χ3v) is 7.26.